The SMILES string of the molecule is CC1CCCCN1Cc1ccccc1CNC(=O)CCC1CCNC1. The van der Waals surface area contributed by atoms with E-state index < -0.39 is 0 Å². The summed E-state index contributed by atoms with van der Waals surface area (Å²) < 4.78 is 0. The molecule has 2 heterocycles. The number of nitrogens with zero attached hydrogens (tertiary/aromatic N) is 1. The summed E-state index contributed by atoms with van der Waals surface area (Å²) in [6.07, 6.45) is 6.83. The van der Waals surface area contributed by atoms with E-state index in [4.69, 9.17) is 0 Å². The molecule has 0 aliphatic carbocycles. The molecule has 2 N–H and O–H groups in total. The van der Waals surface area contributed by atoms with Gasteiger partial charge in [-0.3, -0.25) is 9.69 Å². The number of amides is 1. The van der Waals surface area contributed by atoms with Gasteiger partial charge in [-0.1, -0.05) is 30.7 Å². The Bertz CT molecular complexity index is 554. The quantitative estimate of drug-likeness (QED) is 0.800. The topological polar surface area (TPSA) is 44.4 Å². The zero-order valence-corrected chi connectivity index (χ0v) is 15.6. The summed E-state index contributed by atoms with van der Waals surface area (Å²) in [5, 5.41) is 6.50. The van der Waals surface area contributed by atoms with Crippen LogP contribution in [0.2, 0.25) is 0 Å². The number of carbonyl (C=O) groups excluding carboxylic acids is 1. The maximum Gasteiger partial charge on any atom is 0.220 e. The van der Waals surface area contributed by atoms with Crippen LogP contribution in [0.4, 0.5) is 0 Å². The van der Waals surface area contributed by atoms with Crippen molar-refractivity contribution in [3.63, 3.8) is 0 Å². The highest BCUT2D eigenvalue weighted by atomic mass is 16.1. The summed E-state index contributed by atoms with van der Waals surface area (Å²) >= 11 is 0. The van der Waals surface area contributed by atoms with Crippen LogP contribution in [0.5, 0.6) is 0 Å². The average molecular weight is 344 g/mol. The van der Waals surface area contributed by atoms with E-state index >= 15 is 0 Å². The monoisotopic (exact) mass is 343 g/mol. The maximum absolute atomic E-state index is 12.2. The van der Waals surface area contributed by atoms with Gasteiger partial charge in [0.1, 0.15) is 0 Å². The molecule has 2 fully saturated rings. The molecule has 138 valence electrons. The normalized spacial score (nSPS) is 24.4. The second kappa shape index (κ2) is 9.35. The highest BCUT2D eigenvalue weighted by Gasteiger charge is 2.19. The fraction of sp³-hybridized carbons (Fsp3) is 0.667. The van der Waals surface area contributed by atoms with Gasteiger partial charge in [0, 0.05) is 25.6 Å². The van der Waals surface area contributed by atoms with Crippen molar-refractivity contribution in [3.8, 4) is 0 Å². The minimum atomic E-state index is 0.188. The molecule has 0 bridgehead atoms. The Balaban J connectivity index is 1.49. The molecule has 2 saturated heterocycles. The molecule has 4 nitrogen and oxygen atoms in total. The lowest BCUT2D eigenvalue weighted by Crippen LogP contribution is -2.37. The van der Waals surface area contributed by atoms with Crippen molar-refractivity contribution in [2.75, 3.05) is 19.6 Å². The third kappa shape index (κ3) is 5.55. The van der Waals surface area contributed by atoms with E-state index in [-0.39, 0.29) is 5.91 Å². The largest absolute Gasteiger partial charge is 0.352 e. The van der Waals surface area contributed by atoms with Crippen LogP contribution in [0.15, 0.2) is 24.3 Å². The Morgan fingerprint density at radius 1 is 1.24 bits per heavy atom. The number of likely N-dealkylation sites (tertiary alicyclic amines) is 1. The highest BCUT2D eigenvalue weighted by molar-refractivity contribution is 5.75. The second-order valence-corrected chi connectivity index (χ2v) is 7.76. The molecule has 2 unspecified atom stereocenters. The molecule has 1 amide bonds. The summed E-state index contributed by atoms with van der Waals surface area (Å²) in [4.78, 5) is 14.8. The van der Waals surface area contributed by atoms with E-state index in [9.17, 15) is 4.79 Å². The molecule has 25 heavy (non-hydrogen) atoms. The first-order valence-electron chi connectivity index (χ1n) is 10.0. The maximum atomic E-state index is 12.2. The number of hydrogen-bond donors (Lipinski definition) is 2. The molecule has 0 saturated carbocycles. The van der Waals surface area contributed by atoms with Gasteiger partial charge >= 0.3 is 0 Å². The van der Waals surface area contributed by atoms with E-state index in [0.717, 1.165) is 26.1 Å². The fourth-order valence-electron chi connectivity index (χ4n) is 4.07. The van der Waals surface area contributed by atoms with E-state index in [0.29, 0.717) is 24.9 Å². The Kier molecular flexibility index (Phi) is 6.88. The van der Waals surface area contributed by atoms with Crippen molar-refractivity contribution >= 4 is 5.91 Å². The molecule has 0 aromatic heterocycles. The predicted molar refractivity (Wildman–Crippen MR) is 102 cm³/mol. The van der Waals surface area contributed by atoms with Gasteiger partial charge in [-0.15, -0.1) is 0 Å². The molecule has 2 atom stereocenters. The number of piperidine rings is 1. The lowest BCUT2D eigenvalue weighted by Gasteiger charge is -2.33. The van der Waals surface area contributed by atoms with Crippen molar-refractivity contribution in [1.82, 2.24) is 15.5 Å². The Morgan fingerprint density at radius 2 is 2.08 bits per heavy atom. The number of carbonyl (C=O) groups is 1. The zero-order valence-electron chi connectivity index (χ0n) is 15.6. The fourth-order valence-corrected chi connectivity index (χ4v) is 4.07. The average Bonchev–Trinajstić information content (AvgIpc) is 3.15. The summed E-state index contributed by atoms with van der Waals surface area (Å²) in [6, 6.07) is 9.23. The summed E-state index contributed by atoms with van der Waals surface area (Å²) in [7, 11) is 0. The summed E-state index contributed by atoms with van der Waals surface area (Å²) in [5.74, 6) is 0.867. The number of rotatable bonds is 7. The molecule has 3 rings (SSSR count). The van der Waals surface area contributed by atoms with Crippen molar-refractivity contribution in [1.29, 1.82) is 0 Å². The van der Waals surface area contributed by atoms with Crippen LogP contribution >= 0.6 is 0 Å². The van der Waals surface area contributed by atoms with Crippen LogP contribution in [0, 0.1) is 5.92 Å². The molecule has 1 aromatic carbocycles. The number of hydrogen-bond acceptors (Lipinski definition) is 3. The minimum absolute atomic E-state index is 0.188. The van der Waals surface area contributed by atoms with Gasteiger partial charge in [-0.05, 0) is 69.3 Å². The van der Waals surface area contributed by atoms with Crippen LogP contribution < -0.4 is 10.6 Å². The third-order valence-electron chi connectivity index (χ3n) is 5.85. The number of nitrogens with one attached hydrogen (secondary N) is 2. The first-order valence-corrected chi connectivity index (χ1v) is 10.0. The lowest BCUT2D eigenvalue weighted by molar-refractivity contribution is -0.121. The van der Waals surface area contributed by atoms with Gasteiger partial charge in [0.25, 0.3) is 0 Å². The van der Waals surface area contributed by atoms with Crippen LogP contribution in [-0.2, 0) is 17.9 Å². The Labute approximate surface area is 152 Å². The van der Waals surface area contributed by atoms with Crippen LogP contribution in [0.1, 0.15) is 56.6 Å². The lowest BCUT2D eigenvalue weighted by atomic mass is 10.0. The van der Waals surface area contributed by atoms with E-state index in [1.54, 1.807) is 0 Å². The third-order valence-corrected chi connectivity index (χ3v) is 5.85. The van der Waals surface area contributed by atoms with E-state index in [1.807, 2.05) is 0 Å². The van der Waals surface area contributed by atoms with Crippen molar-refractivity contribution < 1.29 is 4.79 Å². The molecule has 0 spiro atoms. The van der Waals surface area contributed by atoms with Gasteiger partial charge in [0.2, 0.25) is 5.91 Å². The van der Waals surface area contributed by atoms with Gasteiger partial charge < -0.3 is 10.6 Å². The molecular weight excluding hydrogens is 310 g/mol. The molecule has 1 aromatic rings. The predicted octanol–water partition coefficient (Wildman–Crippen LogP) is 3.07. The molecule has 0 radical (unpaired) electrons. The van der Waals surface area contributed by atoms with Crippen molar-refractivity contribution in [2.24, 2.45) is 5.92 Å². The van der Waals surface area contributed by atoms with Crippen LogP contribution in [0.25, 0.3) is 0 Å². The minimum Gasteiger partial charge on any atom is -0.352 e. The smallest absolute Gasteiger partial charge is 0.220 e. The molecular formula is C21H33N3O. The van der Waals surface area contributed by atoms with E-state index in [1.165, 1.54) is 43.4 Å². The first kappa shape index (κ1) is 18.4. The molecule has 2 aliphatic rings. The Hall–Kier alpha value is -1.39. The summed E-state index contributed by atoms with van der Waals surface area (Å²) in [5.41, 5.74) is 2.62. The standard InChI is InChI=1S/C21H33N3O/c1-17-6-4-5-13-24(17)16-20-8-3-2-7-19(20)15-23-21(25)10-9-18-11-12-22-14-18/h2-3,7-8,17-18,22H,4-6,9-16H2,1H3,(H,23,25). The van der Waals surface area contributed by atoms with Gasteiger partial charge in [0.15, 0.2) is 0 Å². The summed E-state index contributed by atoms with van der Waals surface area (Å²) in [6.45, 7) is 7.36. The van der Waals surface area contributed by atoms with Gasteiger partial charge in [-0.25, -0.2) is 0 Å². The zero-order chi connectivity index (χ0) is 17.5. The molecule has 2 aliphatic heterocycles. The van der Waals surface area contributed by atoms with Crippen molar-refractivity contribution in [3.05, 3.63) is 35.4 Å². The van der Waals surface area contributed by atoms with E-state index in [2.05, 4.69) is 46.7 Å². The number of benzene rings is 1. The van der Waals surface area contributed by atoms with Crippen LogP contribution in [-0.4, -0.2) is 36.5 Å². The molecule has 4 heteroatoms. The van der Waals surface area contributed by atoms with Crippen molar-refractivity contribution in [2.45, 2.75) is 64.6 Å². The van der Waals surface area contributed by atoms with Gasteiger partial charge in [0.05, 0.1) is 0 Å². The first-order chi connectivity index (χ1) is 12.2. The van der Waals surface area contributed by atoms with Crippen LogP contribution in [0.3, 0.4) is 0 Å². The van der Waals surface area contributed by atoms with Gasteiger partial charge in [-0.2, -0.15) is 0 Å². The Morgan fingerprint density at radius 3 is 2.84 bits per heavy atom. The second-order valence-electron chi connectivity index (χ2n) is 7.76. The highest BCUT2D eigenvalue weighted by Crippen LogP contribution is 2.21.